The number of nitrogens with zero attached hydrogens (tertiary/aromatic N) is 4. The zero-order valence-corrected chi connectivity index (χ0v) is 11.9. The first-order valence-corrected chi connectivity index (χ1v) is 7.26. The largest absolute Gasteiger partial charge is 0.338 e. The maximum atomic E-state index is 12.2. The highest BCUT2D eigenvalue weighted by Gasteiger charge is 2.32. The Balaban J connectivity index is 1.43. The molecule has 110 valence electrons. The minimum absolute atomic E-state index is 0.0219. The number of aromatic nitrogens is 3. The molecule has 1 aromatic carbocycles. The van der Waals surface area contributed by atoms with E-state index in [1.54, 1.807) is 11.0 Å². The van der Waals surface area contributed by atoms with Crippen molar-refractivity contribution in [3.63, 3.8) is 0 Å². The van der Waals surface area contributed by atoms with Crippen molar-refractivity contribution in [2.45, 2.75) is 25.4 Å². The maximum absolute atomic E-state index is 12.2. The average molecular weight is 285 g/mol. The number of likely N-dealkylation sites (tertiary alicyclic amines) is 1. The zero-order chi connectivity index (χ0) is 14.5. The second-order valence-electron chi connectivity index (χ2n) is 5.15. The van der Waals surface area contributed by atoms with Gasteiger partial charge in [-0.3, -0.25) is 4.68 Å². The molecule has 0 saturated carbocycles. The van der Waals surface area contributed by atoms with Gasteiger partial charge in [-0.25, -0.2) is 9.78 Å². The Kier molecular flexibility index (Phi) is 4.14. The molecule has 21 heavy (non-hydrogen) atoms. The van der Waals surface area contributed by atoms with Gasteiger partial charge in [-0.2, -0.15) is 5.10 Å². The smallest absolute Gasteiger partial charge is 0.317 e. The summed E-state index contributed by atoms with van der Waals surface area (Å²) >= 11 is 0. The van der Waals surface area contributed by atoms with Crippen LogP contribution in [0.1, 0.15) is 24.4 Å². The fraction of sp³-hybridized carbons (Fsp3) is 0.400. The number of nitrogens with one attached hydrogen (secondary N) is 1. The number of amides is 2. The second kappa shape index (κ2) is 6.39. The summed E-state index contributed by atoms with van der Waals surface area (Å²) < 4.78 is 1.77. The average Bonchev–Trinajstić information content (AvgIpc) is 2.97. The second-order valence-corrected chi connectivity index (χ2v) is 5.15. The fourth-order valence-electron chi connectivity index (χ4n) is 2.54. The van der Waals surface area contributed by atoms with Crippen LogP contribution in [-0.4, -0.2) is 38.8 Å². The van der Waals surface area contributed by atoms with E-state index in [0.29, 0.717) is 6.54 Å². The molecule has 0 radical (unpaired) electrons. The molecule has 6 heteroatoms. The Bertz CT molecular complexity index is 569. The molecule has 1 aliphatic heterocycles. The number of aryl methyl sites for hydroxylation is 1. The first kappa shape index (κ1) is 13.6. The minimum Gasteiger partial charge on any atom is -0.338 e. The third-order valence-electron chi connectivity index (χ3n) is 3.77. The fourth-order valence-corrected chi connectivity index (χ4v) is 2.54. The van der Waals surface area contributed by atoms with Gasteiger partial charge in [0.25, 0.3) is 0 Å². The SMILES string of the molecule is O=C(NCCCn1cncn1)N1CCC1c1ccccc1. The lowest BCUT2D eigenvalue weighted by Gasteiger charge is -2.41. The van der Waals surface area contributed by atoms with Gasteiger partial charge < -0.3 is 10.2 Å². The van der Waals surface area contributed by atoms with Gasteiger partial charge in [0.15, 0.2) is 0 Å². The maximum Gasteiger partial charge on any atom is 0.317 e. The molecule has 0 aliphatic carbocycles. The number of carbonyl (C=O) groups excluding carboxylic acids is 1. The van der Waals surface area contributed by atoms with Gasteiger partial charge in [-0.15, -0.1) is 0 Å². The van der Waals surface area contributed by atoms with Crippen molar-refractivity contribution < 1.29 is 4.79 Å². The Morgan fingerprint density at radius 1 is 1.33 bits per heavy atom. The van der Waals surface area contributed by atoms with E-state index in [-0.39, 0.29) is 12.1 Å². The van der Waals surface area contributed by atoms with Crippen molar-refractivity contribution in [3.8, 4) is 0 Å². The van der Waals surface area contributed by atoms with E-state index in [1.807, 2.05) is 23.1 Å². The molecule has 1 aliphatic rings. The van der Waals surface area contributed by atoms with Crippen LogP contribution in [0, 0.1) is 0 Å². The summed E-state index contributed by atoms with van der Waals surface area (Å²) in [5, 5.41) is 7.00. The molecule has 1 saturated heterocycles. The van der Waals surface area contributed by atoms with Crippen molar-refractivity contribution in [1.82, 2.24) is 25.0 Å². The van der Waals surface area contributed by atoms with E-state index in [1.165, 1.54) is 11.9 Å². The van der Waals surface area contributed by atoms with Crippen LogP contribution in [0.15, 0.2) is 43.0 Å². The molecule has 2 aromatic rings. The molecular weight excluding hydrogens is 266 g/mol. The van der Waals surface area contributed by atoms with Crippen LogP contribution >= 0.6 is 0 Å². The predicted octanol–water partition coefficient (Wildman–Crippen LogP) is 1.82. The van der Waals surface area contributed by atoms with E-state index < -0.39 is 0 Å². The third kappa shape index (κ3) is 3.21. The normalized spacial score (nSPS) is 17.3. The van der Waals surface area contributed by atoms with Crippen molar-refractivity contribution in [2.75, 3.05) is 13.1 Å². The summed E-state index contributed by atoms with van der Waals surface area (Å²) in [6, 6.07) is 10.4. The summed E-state index contributed by atoms with van der Waals surface area (Å²) in [5.41, 5.74) is 1.21. The Morgan fingerprint density at radius 3 is 2.86 bits per heavy atom. The number of carbonyl (C=O) groups is 1. The first-order valence-electron chi connectivity index (χ1n) is 7.26. The first-order chi connectivity index (χ1) is 10.3. The Labute approximate surface area is 123 Å². The van der Waals surface area contributed by atoms with Crippen LogP contribution in [0.25, 0.3) is 0 Å². The number of rotatable bonds is 5. The quantitative estimate of drug-likeness (QED) is 0.852. The molecule has 1 aromatic heterocycles. The number of benzene rings is 1. The van der Waals surface area contributed by atoms with Gasteiger partial charge in [0, 0.05) is 19.6 Å². The van der Waals surface area contributed by atoms with Crippen LogP contribution in [0.5, 0.6) is 0 Å². The van der Waals surface area contributed by atoms with Crippen molar-refractivity contribution in [1.29, 1.82) is 0 Å². The summed E-state index contributed by atoms with van der Waals surface area (Å²) in [4.78, 5) is 17.9. The van der Waals surface area contributed by atoms with Gasteiger partial charge in [0.1, 0.15) is 12.7 Å². The van der Waals surface area contributed by atoms with Gasteiger partial charge in [0.2, 0.25) is 0 Å². The topological polar surface area (TPSA) is 63.1 Å². The van der Waals surface area contributed by atoms with Gasteiger partial charge >= 0.3 is 6.03 Å². The van der Waals surface area contributed by atoms with E-state index in [9.17, 15) is 4.79 Å². The monoisotopic (exact) mass is 285 g/mol. The van der Waals surface area contributed by atoms with E-state index in [4.69, 9.17) is 0 Å². The van der Waals surface area contributed by atoms with Crippen LogP contribution in [0.2, 0.25) is 0 Å². The summed E-state index contributed by atoms with van der Waals surface area (Å²) in [7, 11) is 0. The van der Waals surface area contributed by atoms with Crippen LogP contribution in [0.3, 0.4) is 0 Å². The van der Waals surface area contributed by atoms with Crippen LogP contribution < -0.4 is 5.32 Å². The molecular formula is C15H19N5O. The molecule has 1 fully saturated rings. The summed E-state index contributed by atoms with van der Waals surface area (Å²) in [6.45, 7) is 2.24. The molecule has 1 N–H and O–H groups in total. The lowest BCUT2D eigenvalue weighted by Crippen LogP contribution is -2.50. The van der Waals surface area contributed by atoms with Gasteiger partial charge in [0.05, 0.1) is 6.04 Å². The molecule has 1 unspecified atom stereocenters. The lowest BCUT2D eigenvalue weighted by atomic mass is 9.95. The van der Waals surface area contributed by atoms with E-state index in [0.717, 1.165) is 25.9 Å². The molecule has 6 nitrogen and oxygen atoms in total. The Morgan fingerprint density at radius 2 is 2.19 bits per heavy atom. The summed E-state index contributed by atoms with van der Waals surface area (Å²) in [5.74, 6) is 0. The standard InChI is InChI=1S/C15H19N5O/c21-15(17-8-4-9-19-12-16-11-18-19)20-10-7-14(20)13-5-2-1-3-6-13/h1-3,5-6,11-12,14H,4,7-10H2,(H,17,21). The molecule has 0 bridgehead atoms. The predicted molar refractivity (Wildman–Crippen MR) is 78.5 cm³/mol. The van der Waals surface area contributed by atoms with Crippen LogP contribution in [-0.2, 0) is 6.54 Å². The zero-order valence-electron chi connectivity index (χ0n) is 11.9. The van der Waals surface area contributed by atoms with E-state index in [2.05, 4.69) is 27.5 Å². The van der Waals surface area contributed by atoms with Gasteiger partial charge in [-0.05, 0) is 18.4 Å². The molecule has 1 atom stereocenters. The number of hydrogen-bond acceptors (Lipinski definition) is 3. The van der Waals surface area contributed by atoms with Crippen molar-refractivity contribution >= 4 is 6.03 Å². The Hall–Kier alpha value is -2.37. The van der Waals surface area contributed by atoms with Crippen molar-refractivity contribution in [2.24, 2.45) is 0 Å². The molecule has 2 heterocycles. The van der Waals surface area contributed by atoms with Gasteiger partial charge in [-0.1, -0.05) is 30.3 Å². The van der Waals surface area contributed by atoms with Crippen LogP contribution in [0.4, 0.5) is 4.79 Å². The third-order valence-corrected chi connectivity index (χ3v) is 3.77. The molecule has 3 rings (SSSR count). The lowest BCUT2D eigenvalue weighted by molar-refractivity contribution is 0.115. The highest BCUT2D eigenvalue weighted by atomic mass is 16.2. The highest BCUT2D eigenvalue weighted by molar-refractivity contribution is 5.75. The number of urea groups is 1. The highest BCUT2D eigenvalue weighted by Crippen LogP contribution is 2.32. The molecule has 2 amide bonds. The minimum atomic E-state index is 0.0219. The summed E-state index contributed by atoms with van der Waals surface area (Å²) in [6.07, 6.45) is 5.08. The molecule has 0 spiro atoms. The van der Waals surface area contributed by atoms with E-state index >= 15 is 0 Å². The number of hydrogen-bond donors (Lipinski definition) is 1. The van der Waals surface area contributed by atoms with Crippen molar-refractivity contribution in [3.05, 3.63) is 48.5 Å².